The second-order valence-corrected chi connectivity index (χ2v) is 22.3. The lowest BCUT2D eigenvalue weighted by molar-refractivity contribution is -0.221. The first-order chi connectivity index (χ1) is 26.5. The third kappa shape index (κ3) is 6.50. The summed E-state index contributed by atoms with van der Waals surface area (Å²) in [6, 6.07) is 8.01. The van der Waals surface area contributed by atoms with Gasteiger partial charge in [0.15, 0.2) is 5.78 Å². The third-order valence-corrected chi connectivity index (χ3v) is 18.4. The molecule has 7 rings (SSSR count). The molecular weight excluding hydrogens is 736 g/mol. The van der Waals surface area contributed by atoms with Gasteiger partial charge in [0.2, 0.25) is 0 Å². The van der Waals surface area contributed by atoms with E-state index >= 15 is 0 Å². The van der Waals surface area contributed by atoms with Gasteiger partial charge in [0, 0.05) is 48.5 Å². The van der Waals surface area contributed by atoms with Crippen molar-refractivity contribution >= 4 is 29.3 Å². The van der Waals surface area contributed by atoms with E-state index in [4.69, 9.17) is 16.3 Å². The van der Waals surface area contributed by atoms with Crippen LogP contribution >= 0.6 is 11.6 Å². The number of esters is 1. The number of Topliss-reactive ketones (excluding diaryl/α,β-unsaturated/α-hetero) is 1. The van der Waals surface area contributed by atoms with Gasteiger partial charge in [-0.25, -0.2) is 0 Å². The Balaban J connectivity index is 1.17. The summed E-state index contributed by atoms with van der Waals surface area (Å²) >= 11 is 6.24. The molecule has 57 heavy (non-hydrogen) atoms. The minimum atomic E-state index is -1.16. The fraction of sp³-hybridized carbons (Fsp3) is 0.771. The monoisotopic (exact) mass is 807 g/mol. The Morgan fingerprint density at radius 1 is 0.912 bits per heavy atom. The van der Waals surface area contributed by atoms with Crippen molar-refractivity contribution in [2.75, 3.05) is 33.7 Å². The second kappa shape index (κ2) is 14.4. The van der Waals surface area contributed by atoms with Gasteiger partial charge in [-0.05, 0) is 148 Å². The van der Waals surface area contributed by atoms with Crippen LogP contribution in [-0.4, -0.2) is 83.7 Å². The summed E-state index contributed by atoms with van der Waals surface area (Å²) in [5.41, 5.74) is 1.89. The summed E-state index contributed by atoms with van der Waals surface area (Å²) in [4.78, 5) is 43.9. The Morgan fingerprint density at radius 3 is 2.21 bits per heavy atom. The highest BCUT2D eigenvalue weighted by Gasteiger charge is 2.82. The van der Waals surface area contributed by atoms with Gasteiger partial charge in [0.1, 0.15) is 6.10 Å². The van der Waals surface area contributed by atoms with E-state index in [1.54, 1.807) is 13.8 Å². The number of carbonyl (C=O) groups is 3. The fourth-order valence-corrected chi connectivity index (χ4v) is 14.7. The first kappa shape index (κ1) is 42.8. The number of aliphatic hydroxyl groups is 1. The lowest BCUT2D eigenvalue weighted by atomic mass is 9.33. The fourth-order valence-electron chi connectivity index (χ4n) is 14.6. The quantitative estimate of drug-likeness (QED) is 0.190. The zero-order chi connectivity index (χ0) is 41.7. The molecule has 0 aromatic heterocycles. The number of carboxylic acid groups (broad SMARTS) is 1. The molecule has 3 unspecified atom stereocenters. The predicted molar refractivity (Wildman–Crippen MR) is 225 cm³/mol. The van der Waals surface area contributed by atoms with Crippen LogP contribution in [0.1, 0.15) is 132 Å². The first-order valence-corrected chi connectivity index (χ1v) is 22.4. The number of hydrogen-bond acceptors (Lipinski definition) is 7. The summed E-state index contributed by atoms with van der Waals surface area (Å²) in [7, 11) is 4.17. The average Bonchev–Trinajstić information content (AvgIpc) is 3.65. The molecule has 0 radical (unpaired) electrons. The maximum atomic E-state index is 14.3. The van der Waals surface area contributed by atoms with Crippen molar-refractivity contribution < 1.29 is 29.3 Å². The summed E-state index contributed by atoms with van der Waals surface area (Å²) in [5.74, 6) is -0.280. The van der Waals surface area contributed by atoms with Gasteiger partial charge in [-0.3, -0.25) is 19.3 Å². The Morgan fingerprint density at radius 2 is 1.58 bits per heavy atom. The molecule has 9 heteroatoms. The molecule has 5 saturated carbocycles. The molecule has 316 valence electrons. The molecule has 1 aromatic rings. The van der Waals surface area contributed by atoms with E-state index in [0.717, 1.165) is 82.0 Å². The Bertz CT molecular complexity index is 1810. The van der Waals surface area contributed by atoms with Crippen LogP contribution in [0.2, 0.25) is 5.02 Å². The maximum Gasteiger partial charge on any atom is 0.309 e. The number of fused-ring (bicyclic) bond motifs is 6. The van der Waals surface area contributed by atoms with E-state index in [1.165, 1.54) is 5.57 Å². The highest BCUT2D eigenvalue weighted by Crippen LogP contribution is 2.87. The average molecular weight is 808 g/mol. The molecule has 0 bridgehead atoms. The van der Waals surface area contributed by atoms with Crippen molar-refractivity contribution in [3.63, 3.8) is 0 Å². The molecule has 8 nitrogen and oxygen atoms in total. The van der Waals surface area contributed by atoms with E-state index in [0.29, 0.717) is 30.5 Å². The number of aliphatic hydroxyl groups excluding tert-OH is 1. The minimum Gasteiger partial charge on any atom is -0.481 e. The molecule has 0 heterocycles. The van der Waals surface area contributed by atoms with E-state index < -0.39 is 28.9 Å². The van der Waals surface area contributed by atoms with Gasteiger partial charge < -0.3 is 19.8 Å². The van der Waals surface area contributed by atoms with Gasteiger partial charge in [-0.15, -0.1) is 0 Å². The number of rotatable bonds is 13. The molecule has 6 aliphatic rings. The molecule has 0 amide bonds. The van der Waals surface area contributed by atoms with Crippen molar-refractivity contribution in [1.82, 2.24) is 9.80 Å². The van der Waals surface area contributed by atoms with Crippen molar-refractivity contribution in [2.45, 2.75) is 145 Å². The normalized spacial score (nSPS) is 39.0. The van der Waals surface area contributed by atoms with Crippen molar-refractivity contribution in [2.24, 2.45) is 55.7 Å². The molecule has 0 saturated heterocycles. The van der Waals surface area contributed by atoms with Gasteiger partial charge in [0.25, 0.3) is 0 Å². The summed E-state index contributed by atoms with van der Waals surface area (Å²) in [6.07, 6.45) is 8.48. The molecule has 0 aliphatic heterocycles. The number of aliphatic carboxylic acids is 1. The molecular formula is C48H71ClN2O6. The number of hydrogen-bond donors (Lipinski definition) is 2. The van der Waals surface area contributed by atoms with Crippen LogP contribution in [0, 0.1) is 55.7 Å². The second-order valence-electron chi connectivity index (χ2n) is 21.9. The van der Waals surface area contributed by atoms with Crippen LogP contribution in [-0.2, 0) is 25.7 Å². The van der Waals surface area contributed by atoms with Gasteiger partial charge in [-0.1, -0.05) is 70.8 Å². The number of likely N-dealkylation sites (N-methyl/N-ethyl adjacent to an activating group) is 1. The molecule has 10 atom stereocenters. The number of carboxylic acids is 1. The Hall–Kier alpha value is -2.26. The summed E-state index contributed by atoms with van der Waals surface area (Å²) in [6.45, 7) is 20.5. The molecule has 1 spiro atoms. The molecule has 6 aliphatic carbocycles. The van der Waals surface area contributed by atoms with Crippen molar-refractivity contribution in [3.05, 3.63) is 46.0 Å². The highest BCUT2D eigenvalue weighted by molar-refractivity contribution is 6.30. The van der Waals surface area contributed by atoms with E-state index in [1.807, 2.05) is 12.1 Å². The molecule has 2 N–H and O–H groups in total. The van der Waals surface area contributed by atoms with Crippen LogP contribution in [0.15, 0.2) is 35.4 Å². The van der Waals surface area contributed by atoms with E-state index in [2.05, 4.69) is 77.6 Å². The first-order valence-electron chi connectivity index (χ1n) is 22.0. The maximum absolute atomic E-state index is 14.3. The summed E-state index contributed by atoms with van der Waals surface area (Å²) < 4.78 is 6.23. The van der Waals surface area contributed by atoms with Crippen LogP contribution in [0.4, 0.5) is 0 Å². The number of carbonyl (C=O) groups excluding carboxylic acids is 2. The Kier molecular flexibility index (Phi) is 10.9. The zero-order valence-electron chi connectivity index (χ0n) is 36.6. The smallest absolute Gasteiger partial charge is 0.309 e. The number of benzene rings is 1. The van der Waals surface area contributed by atoms with E-state index in [-0.39, 0.29) is 57.2 Å². The van der Waals surface area contributed by atoms with Crippen LogP contribution < -0.4 is 0 Å². The Labute approximate surface area is 347 Å². The number of ether oxygens (including phenoxy) is 1. The lowest BCUT2D eigenvalue weighted by Gasteiger charge is -2.71. The molecule has 5 fully saturated rings. The van der Waals surface area contributed by atoms with Gasteiger partial charge in [0.05, 0.1) is 17.9 Å². The SMILES string of the molecule is CC(C)C1=C2[C@H]3CC[C@@H]4[C@@]5(C)CC[C@H](OC(=O)CC(C)(C)C(=O)O)C6(C)C[C@]65CC[C@@]4(C)[C@]3(C)CCC2(C(O)CN(CCN(C)C)Cc2ccc(Cl)cc2)CC1=O. The largest absolute Gasteiger partial charge is 0.481 e. The van der Waals surface area contributed by atoms with Crippen LogP contribution in [0.3, 0.4) is 0 Å². The minimum absolute atomic E-state index is 0.0191. The highest BCUT2D eigenvalue weighted by atomic mass is 35.5. The number of nitrogens with zero attached hydrogens (tertiary/aromatic N) is 2. The zero-order valence-corrected chi connectivity index (χ0v) is 37.4. The van der Waals surface area contributed by atoms with Gasteiger partial charge >= 0.3 is 11.9 Å². The van der Waals surface area contributed by atoms with Crippen molar-refractivity contribution in [1.29, 1.82) is 0 Å². The molecule has 1 aromatic carbocycles. The third-order valence-electron chi connectivity index (χ3n) is 18.1. The standard InChI is InChI=1S/C48H71ClN2O6/c1-30(2)39-34(52)25-47(36(53)28-51(24-23-50(9)10)27-31-11-13-32(49)14-12-31)21-19-43(5)33(40(39)47)15-16-35-44(43,6)20-22-48-29-46(48,8)37(17-18-45(35,48)7)57-38(54)26-42(3,4)41(55)56/h11-14,30,33,35-37,53H,15-29H2,1-10H3,(H,55,56)/t33-,35+,36?,37+,43-,44-,45-,46?,47?,48+/m1/s1. The number of ketones is 1. The summed E-state index contributed by atoms with van der Waals surface area (Å²) in [5, 5.41) is 23.1. The topological polar surface area (TPSA) is 107 Å². The number of halogens is 1. The van der Waals surface area contributed by atoms with Gasteiger partial charge in [-0.2, -0.15) is 0 Å². The van der Waals surface area contributed by atoms with Crippen LogP contribution in [0.5, 0.6) is 0 Å². The lowest BCUT2D eigenvalue weighted by Crippen LogP contribution is -2.65. The predicted octanol–water partition coefficient (Wildman–Crippen LogP) is 9.21. The van der Waals surface area contributed by atoms with E-state index in [9.17, 15) is 24.6 Å². The van der Waals surface area contributed by atoms with Crippen LogP contribution in [0.25, 0.3) is 0 Å². The van der Waals surface area contributed by atoms with Crippen molar-refractivity contribution in [3.8, 4) is 0 Å². The number of allylic oxidation sites excluding steroid dienone is 1.